The second-order valence-corrected chi connectivity index (χ2v) is 5.64. The van der Waals surface area contributed by atoms with Crippen molar-refractivity contribution in [2.45, 2.75) is 18.8 Å². The van der Waals surface area contributed by atoms with Crippen molar-refractivity contribution in [3.63, 3.8) is 0 Å². The van der Waals surface area contributed by atoms with E-state index in [9.17, 15) is 4.79 Å². The Bertz CT molecular complexity index is 708. The minimum Gasteiger partial charge on any atom is -0.493 e. The van der Waals surface area contributed by atoms with E-state index in [4.69, 9.17) is 4.74 Å². The van der Waals surface area contributed by atoms with Gasteiger partial charge in [-0.1, -0.05) is 18.2 Å². The molecule has 21 heavy (non-hydrogen) atoms. The number of carbonyl (C=O) groups is 1. The molecule has 2 aliphatic rings. The maximum Gasteiger partial charge on any atom is 0.170 e. The molecule has 0 fully saturated rings. The zero-order valence-electron chi connectivity index (χ0n) is 11.8. The molecule has 0 bridgehead atoms. The second-order valence-electron chi connectivity index (χ2n) is 5.64. The minimum atomic E-state index is -0.0391. The third-order valence-corrected chi connectivity index (χ3v) is 4.38. The van der Waals surface area contributed by atoms with Gasteiger partial charge in [-0.05, 0) is 41.8 Å². The van der Waals surface area contributed by atoms with Crippen molar-refractivity contribution in [1.82, 2.24) is 0 Å². The van der Waals surface area contributed by atoms with E-state index in [1.807, 2.05) is 36.4 Å². The molecule has 2 heterocycles. The zero-order valence-corrected chi connectivity index (χ0v) is 11.8. The molecule has 0 radical (unpaired) electrons. The number of hydrogen-bond acceptors (Lipinski definition) is 3. The molecule has 106 valence electrons. The molecule has 1 atom stereocenters. The fraction of sp³-hybridized carbons (Fsp3) is 0.278. The smallest absolute Gasteiger partial charge is 0.170 e. The Morgan fingerprint density at radius 3 is 3.05 bits per heavy atom. The summed E-state index contributed by atoms with van der Waals surface area (Å²) in [5.74, 6) is 1.11. The first-order valence-corrected chi connectivity index (χ1v) is 7.46. The fourth-order valence-corrected chi connectivity index (χ4v) is 3.28. The molecule has 0 saturated heterocycles. The Hall–Kier alpha value is -2.29. The summed E-state index contributed by atoms with van der Waals surface area (Å²) in [6.45, 7) is 1.57. The molecular weight excluding hydrogens is 262 g/mol. The molecule has 0 saturated carbocycles. The SMILES string of the molecule is O=C(c1ccc2c(c1)CCO2)C1CCNc2ccccc21. The predicted molar refractivity (Wildman–Crippen MR) is 82.3 cm³/mol. The third kappa shape index (κ3) is 2.09. The second kappa shape index (κ2) is 4.92. The number of Topliss-reactive ketones (excluding diaryl/α,β-unsaturated/α-hetero) is 1. The van der Waals surface area contributed by atoms with Crippen molar-refractivity contribution >= 4 is 11.5 Å². The topological polar surface area (TPSA) is 38.3 Å². The number of ether oxygens (including phenoxy) is 1. The predicted octanol–water partition coefficient (Wildman–Crippen LogP) is 3.40. The first kappa shape index (κ1) is 12.5. The molecule has 3 nitrogen and oxygen atoms in total. The van der Waals surface area contributed by atoms with Crippen LogP contribution in [0.4, 0.5) is 5.69 Å². The summed E-state index contributed by atoms with van der Waals surface area (Å²) >= 11 is 0. The van der Waals surface area contributed by atoms with Gasteiger partial charge in [0.05, 0.1) is 12.5 Å². The molecule has 0 aromatic heterocycles. The maximum absolute atomic E-state index is 12.9. The van der Waals surface area contributed by atoms with E-state index < -0.39 is 0 Å². The Kier molecular flexibility index (Phi) is 2.92. The van der Waals surface area contributed by atoms with Crippen LogP contribution in [0.1, 0.15) is 33.8 Å². The summed E-state index contributed by atoms with van der Waals surface area (Å²) in [4.78, 5) is 12.9. The van der Waals surface area contributed by atoms with E-state index >= 15 is 0 Å². The van der Waals surface area contributed by atoms with E-state index in [0.717, 1.165) is 54.1 Å². The lowest BCUT2D eigenvalue weighted by molar-refractivity contribution is 0.0955. The average molecular weight is 279 g/mol. The van der Waals surface area contributed by atoms with Crippen molar-refractivity contribution in [2.24, 2.45) is 0 Å². The first-order valence-electron chi connectivity index (χ1n) is 7.46. The van der Waals surface area contributed by atoms with Crippen LogP contribution < -0.4 is 10.1 Å². The van der Waals surface area contributed by atoms with E-state index in [1.54, 1.807) is 0 Å². The Labute approximate surface area is 123 Å². The van der Waals surface area contributed by atoms with Crippen LogP contribution >= 0.6 is 0 Å². The van der Waals surface area contributed by atoms with Gasteiger partial charge >= 0.3 is 0 Å². The van der Waals surface area contributed by atoms with Crippen molar-refractivity contribution in [3.05, 3.63) is 59.2 Å². The number of nitrogens with one attached hydrogen (secondary N) is 1. The summed E-state index contributed by atoms with van der Waals surface area (Å²) in [5.41, 5.74) is 4.17. The van der Waals surface area contributed by atoms with Crippen molar-refractivity contribution in [1.29, 1.82) is 0 Å². The highest BCUT2D eigenvalue weighted by Crippen LogP contribution is 2.35. The molecule has 0 aliphatic carbocycles. The monoisotopic (exact) mass is 279 g/mol. The average Bonchev–Trinajstić information content (AvgIpc) is 3.01. The van der Waals surface area contributed by atoms with Crippen LogP contribution in [0.2, 0.25) is 0 Å². The highest BCUT2D eigenvalue weighted by Gasteiger charge is 2.27. The Balaban J connectivity index is 1.70. The lowest BCUT2D eigenvalue weighted by atomic mass is 9.84. The van der Waals surface area contributed by atoms with E-state index in [0.29, 0.717) is 0 Å². The molecule has 1 unspecified atom stereocenters. The zero-order chi connectivity index (χ0) is 14.2. The minimum absolute atomic E-state index is 0.0391. The number of fused-ring (bicyclic) bond motifs is 2. The number of hydrogen-bond donors (Lipinski definition) is 1. The number of para-hydroxylation sites is 1. The van der Waals surface area contributed by atoms with Crippen LogP contribution in [0, 0.1) is 0 Å². The fourth-order valence-electron chi connectivity index (χ4n) is 3.28. The van der Waals surface area contributed by atoms with Crippen molar-refractivity contribution in [2.75, 3.05) is 18.5 Å². The van der Waals surface area contributed by atoms with Crippen LogP contribution in [-0.4, -0.2) is 18.9 Å². The molecule has 0 amide bonds. The molecule has 0 spiro atoms. The quantitative estimate of drug-likeness (QED) is 0.856. The Morgan fingerprint density at radius 2 is 2.10 bits per heavy atom. The van der Waals surface area contributed by atoms with Gasteiger partial charge in [-0.3, -0.25) is 4.79 Å². The van der Waals surface area contributed by atoms with Gasteiger partial charge in [-0.25, -0.2) is 0 Å². The maximum atomic E-state index is 12.9. The normalized spacial score (nSPS) is 19.1. The molecule has 2 aromatic carbocycles. The number of anilines is 1. The van der Waals surface area contributed by atoms with Crippen LogP contribution in [0.15, 0.2) is 42.5 Å². The number of ketones is 1. The van der Waals surface area contributed by atoms with Gasteiger partial charge in [0.15, 0.2) is 5.78 Å². The molecule has 2 aromatic rings. The largest absolute Gasteiger partial charge is 0.493 e. The van der Waals surface area contributed by atoms with E-state index in [2.05, 4.69) is 11.4 Å². The van der Waals surface area contributed by atoms with Gasteiger partial charge in [0, 0.05) is 24.2 Å². The van der Waals surface area contributed by atoms with Gasteiger partial charge in [-0.2, -0.15) is 0 Å². The van der Waals surface area contributed by atoms with Gasteiger partial charge in [0.2, 0.25) is 0 Å². The number of benzene rings is 2. The van der Waals surface area contributed by atoms with Crippen LogP contribution in [0.5, 0.6) is 5.75 Å². The van der Waals surface area contributed by atoms with E-state index in [-0.39, 0.29) is 11.7 Å². The van der Waals surface area contributed by atoms with Gasteiger partial charge in [0.25, 0.3) is 0 Å². The van der Waals surface area contributed by atoms with Crippen LogP contribution in [0.3, 0.4) is 0 Å². The van der Waals surface area contributed by atoms with Gasteiger partial charge < -0.3 is 10.1 Å². The summed E-state index contributed by atoms with van der Waals surface area (Å²) in [7, 11) is 0. The Morgan fingerprint density at radius 1 is 1.19 bits per heavy atom. The lowest BCUT2D eigenvalue weighted by Crippen LogP contribution is -2.23. The summed E-state index contributed by atoms with van der Waals surface area (Å²) in [6, 6.07) is 14.0. The molecular formula is C18H17NO2. The lowest BCUT2D eigenvalue weighted by Gasteiger charge is -2.25. The highest BCUT2D eigenvalue weighted by atomic mass is 16.5. The summed E-state index contributed by atoms with van der Waals surface area (Å²) in [5, 5.41) is 3.37. The summed E-state index contributed by atoms with van der Waals surface area (Å²) < 4.78 is 5.51. The standard InChI is InChI=1S/C18H17NO2/c20-18(13-5-6-17-12(11-13)8-10-21-17)15-7-9-19-16-4-2-1-3-14(15)16/h1-6,11,15,19H,7-10H2. The molecule has 1 N–H and O–H groups in total. The van der Waals surface area contributed by atoms with Crippen LogP contribution in [-0.2, 0) is 6.42 Å². The van der Waals surface area contributed by atoms with E-state index in [1.165, 1.54) is 0 Å². The molecule has 3 heteroatoms. The van der Waals surface area contributed by atoms with Gasteiger partial charge in [0.1, 0.15) is 5.75 Å². The van der Waals surface area contributed by atoms with Gasteiger partial charge in [-0.15, -0.1) is 0 Å². The molecule has 2 aliphatic heterocycles. The highest BCUT2D eigenvalue weighted by molar-refractivity contribution is 6.02. The third-order valence-electron chi connectivity index (χ3n) is 4.38. The van der Waals surface area contributed by atoms with Crippen molar-refractivity contribution in [3.8, 4) is 5.75 Å². The van der Waals surface area contributed by atoms with Crippen molar-refractivity contribution < 1.29 is 9.53 Å². The number of rotatable bonds is 2. The summed E-state index contributed by atoms with van der Waals surface area (Å²) in [6.07, 6.45) is 1.75. The molecule has 4 rings (SSSR count). The number of carbonyl (C=O) groups excluding carboxylic acids is 1. The first-order chi connectivity index (χ1) is 10.3. The van der Waals surface area contributed by atoms with Crippen LogP contribution in [0.25, 0.3) is 0 Å².